The van der Waals surface area contributed by atoms with E-state index in [1.807, 2.05) is 0 Å². The summed E-state index contributed by atoms with van der Waals surface area (Å²) >= 11 is 0. The fraction of sp³-hybridized carbons (Fsp3) is 0.0769. The Hall–Kier alpha value is -2.77. The lowest BCUT2D eigenvalue weighted by Gasteiger charge is -2.10. The van der Waals surface area contributed by atoms with E-state index in [-0.39, 0.29) is 5.75 Å². The number of carboxylic acid groups (broad SMARTS) is 1. The number of hydrogen-bond acceptors (Lipinski definition) is 4. The molecule has 1 aromatic heterocycles. The topological polar surface area (TPSA) is 85.4 Å². The molecule has 1 heterocycles. The predicted octanol–water partition coefficient (Wildman–Crippen LogP) is 2.45. The lowest BCUT2D eigenvalue weighted by molar-refractivity contribution is 0.0692. The standard InChI is InChI=1S/C13H9F3N2O3/c1-21-8-3-2-5(14)9(10(8)16)11-6(15)4-7(17)12(18-11)13(19)20/h2-4H,17H2,1H3,(H,19,20). The third kappa shape index (κ3) is 2.47. The number of hydrogen-bond donors (Lipinski definition) is 2. The number of ether oxygens (including phenoxy) is 1. The Labute approximate surface area is 116 Å². The first-order chi connectivity index (χ1) is 9.86. The molecule has 3 N–H and O–H groups in total. The van der Waals surface area contributed by atoms with Crippen LogP contribution in [0.2, 0.25) is 0 Å². The highest BCUT2D eigenvalue weighted by atomic mass is 19.1. The number of aromatic nitrogens is 1. The maximum atomic E-state index is 14.1. The number of rotatable bonds is 3. The summed E-state index contributed by atoms with van der Waals surface area (Å²) in [6.45, 7) is 0. The van der Waals surface area contributed by atoms with Crippen LogP contribution in [0.1, 0.15) is 10.5 Å². The molecule has 0 spiro atoms. The van der Waals surface area contributed by atoms with Gasteiger partial charge in [0.1, 0.15) is 11.5 Å². The molecule has 0 unspecified atom stereocenters. The number of pyridine rings is 1. The highest BCUT2D eigenvalue weighted by Crippen LogP contribution is 2.33. The molecule has 0 aliphatic carbocycles. The first-order valence-electron chi connectivity index (χ1n) is 5.58. The number of benzene rings is 1. The van der Waals surface area contributed by atoms with Crippen molar-refractivity contribution in [1.82, 2.24) is 4.98 Å². The molecule has 2 aromatic rings. The van der Waals surface area contributed by atoms with E-state index in [0.29, 0.717) is 6.07 Å². The number of nitrogens with two attached hydrogens (primary N) is 1. The zero-order valence-electron chi connectivity index (χ0n) is 10.7. The normalized spacial score (nSPS) is 10.5. The second-order valence-corrected chi connectivity index (χ2v) is 4.00. The van der Waals surface area contributed by atoms with Crippen molar-refractivity contribution >= 4 is 11.7 Å². The average Bonchev–Trinajstić information content (AvgIpc) is 2.40. The van der Waals surface area contributed by atoms with E-state index < -0.39 is 46.1 Å². The van der Waals surface area contributed by atoms with Crippen LogP contribution in [0.4, 0.5) is 18.9 Å². The maximum absolute atomic E-state index is 14.1. The van der Waals surface area contributed by atoms with Crippen molar-refractivity contribution < 1.29 is 27.8 Å². The average molecular weight is 298 g/mol. The summed E-state index contributed by atoms with van der Waals surface area (Å²) < 4.78 is 46.4. The summed E-state index contributed by atoms with van der Waals surface area (Å²) in [5.74, 6) is -5.33. The number of methoxy groups -OCH3 is 1. The van der Waals surface area contributed by atoms with Gasteiger partial charge in [-0.25, -0.2) is 22.9 Å². The van der Waals surface area contributed by atoms with Gasteiger partial charge in [0.2, 0.25) is 0 Å². The van der Waals surface area contributed by atoms with Crippen molar-refractivity contribution in [2.24, 2.45) is 0 Å². The largest absolute Gasteiger partial charge is 0.494 e. The summed E-state index contributed by atoms with van der Waals surface area (Å²) in [6, 6.07) is 2.51. The van der Waals surface area contributed by atoms with Crippen molar-refractivity contribution in [2.75, 3.05) is 12.8 Å². The van der Waals surface area contributed by atoms with Crippen LogP contribution in [-0.2, 0) is 0 Å². The van der Waals surface area contributed by atoms with E-state index in [2.05, 4.69) is 9.72 Å². The first-order valence-corrected chi connectivity index (χ1v) is 5.58. The highest BCUT2D eigenvalue weighted by molar-refractivity contribution is 5.92. The zero-order valence-corrected chi connectivity index (χ0v) is 10.7. The van der Waals surface area contributed by atoms with Crippen LogP contribution in [0.25, 0.3) is 11.3 Å². The molecular formula is C13H9F3N2O3. The molecule has 5 nitrogen and oxygen atoms in total. The molecule has 0 aliphatic heterocycles. The predicted molar refractivity (Wildman–Crippen MR) is 67.5 cm³/mol. The van der Waals surface area contributed by atoms with Crippen LogP contribution in [0.5, 0.6) is 5.75 Å². The van der Waals surface area contributed by atoms with E-state index >= 15 is 0 Å². The number of aromatic carboxylic acids is 1. The molecule has 8 heteroatoms. The van der Waals surface area contributed by atoms with Crippen molar-refractivity contribution in [3.05, 3.63) is 41.3 Å². The number of carbonyl (C=O) groups is 1. The van der Waals surface area contributed by atoms with Gasteiger partial charge in [-0.05, 0) is 12.1 Å². The summed E-state index contributed by atoms with van der Waals surface area (Å²) in [7, 11) is 1.15. The van der Waals surface area contributed by atoms with Gasteiger partial charge in [-0.3, -0.25) is 0 Å². The monoisotopic (exact) mass is 298 g/mol. The fourth-order valence-corrected chi connectivity index (χ4v) is 1.76. The quantitative estimate of drug-likeness (QED) is 0.909. The molecule has 2 rings (SSSR count). The molecule has 0 amide bonds. The van der Waals surface area contributed by atoms with E-state index in [1.165, 1.54) is 0 Å². The van der Waals surface area contributed by atoms with Gasteiger partial charge in [0.05, 0.1) is 18.4 Å². The SMILES string of the molecule is COc1ccc(F)c(-c2nc(C(=O)O)c(N)cc2F)c1F. The zero-order chi connectivity index (χ0) is 15.7. The van der Waals surface area contributed by atoms with Gasteiger partial charge in [-0.1, -0.05) is 0 Å². The van der Waals surface area contributed by atoms with Crippen molar-refractivity contribution in [3.8, 4) is 17.0 Å². The first kappa shape index (κ1) is 14.6. The lowest BCUT2D eigenvalue weighted by Crippen LogP contribution is -2.09. The minimum absolute atomic E-state index is 0.332. The minimum atomic E-state index is -1.54. The Bertz CT molecular complexity index is 735. The Kier molecular flexibility index (Phi) is 3.70. The molecule has 0 radical (unpaired) electrons. The summed E-state index contributed by atoms with van der Waals surface area (Å²) in [6.07, 6.45) is 0. The molecule has 0 saturated heterocycles. The number of nitrogens with zero attached hydrogens (tertiary/aromatic N) is 1. The summed E-state index contributed by atoms with van der Waals surface area (Å²) in [5.41, 5.74) is 2.53. The van der Waals surface area contributed by atoms with Gasteiger partial charge in [0.15, 0.2) is 23.1 Å². The highest BCUT2D eigenvalue weighted by Gasteiger charge is 2.23. The maximum Gasteiger partial charge on any atom is 0.356 e. The molecule has 1 aromatic carbocycles. The smallest absolute Gasteiger partial charge is 0.356 e. The molecule has 110 valence electrons. The molecule has 0 bridgehead atoms. The summed E-state index contributed by atoms with van der Waals surface area (Å²) in [5, 5.41) is 8.89. The second-order valence-electron chi connectivity index (χ2n) is 4.00. The lowest BCUT2D eigenvalue weighted by atomic mass is 10.1. The van der Waals surface area contributed by atoms with Crippen molar-refractivity contribution in [1.29, 1.82) is 0 Å². The molecular weight excluding hydrogens is 289 g/mol. The second kappa shape index (κ2) is 5.31. The molecule has 0 aliphatic rings. The van der Waals surface area contributed by atoms with Crippen LogP contribution in [0.3, 0.4) is 0 Å². The van der Waals surface area contributed by atoms with Gasteiger partial charge in [0, 0.05) is 6.07 Å². The fourth-order valence-electron chi connectivity index (χ4n) is 1.76. The van der Waals surface area contributed by atoms with E-state index in [9.17, 15) is 18.0 Å². The Morgan fingerprint density at radius 3 is 2.52 bits per heavy atom. The Morgan fingerprint density at radius 2 is 1.95 bits per heavy atom. The van der Waals surface area contributed by atoms with Gasteiger partial charge in [0.25, 0.3) is 0 Å². The van der Waals surface area contributed by atoms with Gasteiger partial charge >= 0.3 is 5.97 Å². The molecule has 21 heavy (non-hydrogen) atoms. The van der Waals surface area contributed by atoms with Gasteiger partial charge in [-0.2, -0.15) is 0 Å². The van der Waals surface area contributed by atoms with Crippen LogP contribution in [0.15, 0.2) is 18.2 Å². The number of carboxylic acids is 1. The van der Waals surface area contributed by atoms with E-state index in [0.717, 1.165) is 19.2 Å². The molecule has 0 saturated carbocycles. The Balaban J connectivity index is 2.78. The van der Waals surface area contributed by atoms with E-state index in [4.69, 9.17) is 10.8 Å². The summed E-state index contributed by atoms with van der Waals surface area (Å²) in [4.78, 5) is 14.3. The van der Waals surface area contributed by atoms with Gasteiger partial charge in [-0.15, -0.1) is 0 Å². The number of halogens is 3. The third-order valence-corrected chi connectivity index (χ3v) is 2.72. The number of anilines is 1. The van der Waals surface area contributed by atoms with Crippen LogP contribution in [0, 0.1) is 17.5 Å². The van der Waals surface area contributed by atoms with Crippen LogP contribution >= 0.6 is 0 Å². The number of nitrogen functional groups attached to an aromatic ring is 1. The molecule has 0 atom stereocenters. The minimum Gasteiger partial charge on any atom is -0.494 e. The molecule has 0 fully saturated rings. The van der Waals surface area contributed by atoms with Crippen molar-refractivity contribution in [3.63, 3.8) is 0 Å². The third-order valence-electron chi connectivity index (χ3n) is 2.72. The Morgan fingerprint density at radius 1 is 1.29 bits per heavy atom. The van der Waals surface area contributed by atoms with Gasteiger partial charge < -0.3 is 15.6 Å². The van der Waals surface area contributed by atoms with E-state index in [1.54, 1.807) is 0 Å². The van der Waals surface area contributed by atoms with Crippen molar-refractivity contribution in [2.45, 2.75) is 0 Å². The van der Waals surface area contributed by atoms with Crippen LogP contribution in [-0.4, -0.2) is 23.2 Å². The van der Waals surface area contributed by atoms with Crippen LogP contribution < -0.4 is 10.5 Å².